The fourth-order valence-corrected chi connectivity index (χ4v) is 5.14. The first-order chi connectivity index (χ1) is 15.4. The molecule has 0 bridgehead atoms. The molecule has 7 heteroatoms. The molecule has 1 fully saturated rings. The number of ether oxygens (including phenoxy) is 1. The number of thiophene rings is 1. The Morgan fingerprint density at radius 2 is 1.97 bits per heavy atom. The van der Waals surface area contributed by atoms with Crippen LogP contribution >= 0.6 is 11.3 Å². The van der Waals surface area contributed by atoms with Crippen molar-refractivity contribution in [3.63, 3.8) is 0 Å². The minimum Gasteiger partial charge on any atom is -0.507 e. The van der Waals surface area contributed by atoms with Gasteiger partial charge in [-0.3, -0.25) is 9.59 Å². The fourth-order valence-electron chi connectivity index (χ4n) is 4.30. The fraction of sp³-hybridized carbons (Fsp3) is 0.200. The summed E-state index contributed by atoms with van der Waals surface area (Å²) in [7, 11) is 0. The largest absolute Gasteiger partial charge is 0.507 e. The number of aliphatic hydroxyl groups excluding tert-OH is 1. The Morgan fingerprint density at radius 3 is 2.69 bits per heavy atom. The molecule has 1 amide bonds. The van der Waals surface area contributed by atoms with Gasteiger partial charge in [0.25, 0.3) is 11.7 Å². The van der Waals surface area contributed by atoms with E-state index in [0.717, 1.165) is 16.2 Å². The first kappa shape index (κ1) is 20.5. The first-order valence-corrected chi connectivity index (χ1v) is 11.2. The van der Waals surface area contributed by atoms with Gasteiger partial charge in [-0.25, -0.2) is 4.39 Å². The van der Waals surface area contributed by atoms with Crippen LogP contribution in [-0.2, 0) is 22.6 Å². The van der Waals surface area contributed by atoms with Crippen LogP contribution in [0.25, 0.3) is 5.76 Å². The molecule has 0 spiro atoms. The lowest BCUT2D eigenvalue weighted by molar-refractivity contribution is -0.140. The number of carbonyl (C=O) groups excluding carboxylic acids is 2. The van der Waals surface area contributed by atoms with E-state index in [9.17, 15) is 19.1 Å². The monoisotopic (exact) mass is 449 g/mol. The molecule has 1 saturated heterocycles. The van der Waals surface area contributed by atoms with E-state index in [0.29, 0.717) is 17.5 Å². The molecule has 2 aliphatic rings. The number of ketones is 1. The summed E-state index contributed by atoms with van der Waals surface area (Å²) in [5.74, 6) is -1.23. The molecule has 0 saturated carbocycles. The molecule has 2 atom stereocenters. The highest BCUT2D eigenvalue weighted by Crippen LogP contribution is 2.42. The standard InChI is InChI=1S/C25H20FNO4S/c1-14-11-17-12-16(6-9-19(17)31-14)23(28)21-22(20-3-2-10-32-20)27(25(30)24(21)29)13-15-4-7-18(26)8-5-15/h2-10,12,14,22,28H,11,13H2,1H3/b23-21-. The second-order valence-corrected chi connectivity index (χ2v) is 9.00. The van der Waals surface area contributed by atoms with E-state index in [2.05, 4.69) is 0 Å². The number of aliphatic hydroxyl groups is 1. The zero-order valence-electron chi connectivity index (χ0n) is 17.2. The average Bonchev–Trinajstić information content (AvgIpc) is 3.48. The number of nitrogens with zero attached hydrogens (tertiary/aromatic N) is 1. The topological polar surface area (TPSA) is 66.8 Å². The molecular formula is C25H20FNO4S. The van der Waals surface area contributed by atoms with Crippen LogP contribution < -0.4 is 4.74 Å². The van der Waals surface area contributed by atoms with E-state index in [1.807, 2.05) is 30.5 Å². The summed E-state index contributed by atoms with van der Waals surface area (Å²) < 4.78 is 19.1. The summed E-state index contributed by atoms with van der Waals surface area (Å²) in [5.41, 5.74) is 2.18. The van der Waals surface area contributed by atoms with Crippen molar-refractivity contribution in [1.29, 1.82) is 0 Å². The Morgan fingerprint density at radius 1 is 1.19 bits per heavy atom. The Bertz CT molecular complexity index is 1230. The van der Waals surface area contributed by atoms with Gasteiger partial charge in [0.1, 0.15) is 23.4 Å². The quantitative estimate of drug-likeness (QED) is 0.352. The van der Waals surface area contributed by atoms with E-state index < -0.39 is 17.7 Å². The van der Waals surface area contributed by atoms with E-state index in [-0.39, 0.29) is 29.8 Å². The Labute approximate surface area is 188 Å². The first-order valence-electron chi connectivity index (χ1n) is 10.3. The highest BCUT2D eigenvalue weighted by molar-refractivity contribution is 7.10. The van der Waals surface area contributed by atoms with Crippen molar-refractivity contribution in [2.45, 2.75) is 32.0 Å². The average molecular weight is 450 g/mol. The van der Waals surface area contributed by atoms with E-state index in [4.69, 9.17) is 4.74 Å². The second kappa shape index (κ2) is 7.91. The normalized spacial score (nSPS) is 21.6. The molecule has 5 rings (SSSR count). The number of Topliss-reactive ketones (excluding diaryl/α,β-unsaturated/α-hetero) is 1. The number of carbonyl (C=O) groups is 2. The third kappa shape index (κ3) is 3.48. The van der Waals surface area contributed by atoms with Crippen LogP contribution in [0, 0.1) is 5.82 Å². The summed E-state index contributed by atoms with van der Waals surface area (Å²) in [6.07, 6.45) is 0.763. The number of amides is 1. The van der Waals surface area contributed by atoms with Gasteiger partial charge in [-0.05, 0) is 59.8 Å². The van der Waals surface area contributed by atoms with Gasteiger partial charge in [0, 0.05) is 23.4 Å². The van der Waals surface area contributed by atoms with Gasteiger partial charge in [0.2, 0.25) is 0 Å². The van der Waals surface area contributed by atoms with Crippen molar-refractivity contribution < 1.29 is 23.8 Å². The van der Waals surface area contributed by atoms with Gasteiger partial charge in [0.05, 0.1) is 11.6 Å². The van der Waals surface area contributed by atoms with Crippen molar-refractivity contribution in [2.24, 2.45) is 0 Å². The molecule has 0 radical (unpaired) electrons. The lowest BCUT2D eigenvalue weighted by Gasteiger charge is -2.24. The maximum atomic E-state index is 13.3. The predicted octanol–water partition coefficient (Wildman–Crippen LogP) is 4.83. The summed E-state index contributed by atoms with van der Waals surface area (Å²) in [6.45, 7) is 2.09. The Balaban J connectivity index is 1.59. The lowest BCUT2D eigenvalue weighted by atomic mass is 9.98. The zero-order chi connectivity index (χ0) is 22.4. The van der Waals surface area contributed by atoms with Gasteiger partial charge in [-0.1, -0.05) is 18.2 Å². The van der Waals surface area contributed by atoms with Crippen LogP contribution in [-0.4, -0.2) is 27.8 Å². The molecule has 5 nitrogen and oxygen atoms in total. The molecule has 0 aliphatic carbocycles. The molecule has 2 aromatic carbocycles. The van der Waals surface area contributed by atoms with E-state index in [1.165, 1.54) is 28.4 Å². The molecule has 162 valence electrons. The van der Waals surface area contributed by atoms with Crippen LogP contribution in [0.2, 0.25) is 0 Å². The van der Waals surface area contributed by atoms with Crippen LogP contribution in [0.3, 0.4) is 0 Å². The molecule has 2 unspecified atom stereocenters. The molecule has 1 N–H and O–H groups in total. The molecule has 1 aromatic heterocycles. The van der Waals surface area contributed by atoms with Gasteiger partial charge in [-0.2, -0.15) is 0 Å². The van der Waals surface area contributed by atoms with Crippen LogP contribution in [0.4, 0.5) is 4.39 Å². The van der Waals surface area contributed by atoms with Crippen LogP contribution in [0.5, 0.6) is 5.75 Å². The lowest BCUT2D eigenvalue weighted by Crippen LogP contribution is -2.28. The van der Waals surface area contributed by atoms with Crippen molar-refractivity contribution in [2.75, 3.05) is 0 Å². The number of likely N-dealkylation sites (tertiary alicyclic amines) is 1. The number of halogens is 1. The number of fused-ring (bicyclic) bond motifs is 1. The minimum absolute atomic E-state index is 0.0507. The van der Waals surface area contributed by atoms with Gasteiger partial charge < -0.3 is 14.7 Å². The van der Waals surface area contributed by atoms with Crippen LogP contribution in [0.1, 0.15) is 34.5 Å². The number of hydrogen-bond donors (Lipinski definition) is 1. The van der Waals surface area contributed by atoms with Gasteiger partial charge in [-0.15, -0.1) is 11.3 Å². The summed E-state index contributed by atoms with van der Waals surface area (Å²) in [4.78, 5) is 28.3. The Hall–Kier alpha value is -3.45. The number of rotatable bonds is 4. The predicted molar refractivity (Wildman–Crippen MR) is 119 cm³/mol. The number of hydrogen-bond acceptors (Lipinski definition) is 5. The third-order valence-corrected chi connectivity index (χ3v) is 6.71. The van der Waals surface area contributed by atoms with Crippen molar-refractivity contribution >= 4 is 28.8 Å². The summed E-state index contributed by atoms with van der Waals surface area (Å²) in [5, 5.41) is 13.1. The van der Waals surface area contributed by atoms with Crippen molar-refractivity contribution in [1.82, 2.24) is 4.90 Å². The van der Waals surface area contributed by atoms with Crippen molar-refractivity contribution in [3.05, 3.63) is 92.9 Å². The van der Waals surface area contributed by atoms with Gasteiger partial charge >= 0.3 is 0 Å². The SMILES string of the molecule is CC1Cc2cc(/C(O)=C3/C(=O)C(=O)N(Cc4ccc(F)cc4)C3c3cccs3)ccc2O1. The van der Waals surface area contributed by atoms with Gasteiger partial charge in [0.15, 0.2) is 0 Å². The number of benzene rings is 2. The van der Waals surface area contributed by atoms with E-state index >= 15 is 0 Å². The van der Waals surface area contributed by atoms with Crippen LogP contribution in [0.15, 0.2) is 65.6 Å². The maximum absolute atomic E-state index is 13.3. The molecule has 32 heavy (non-hydrogen) atoms. The summed E-state index contributed by atoms with van der Waals surface area (Å²) >= 11 is 1.41. The van der Waals surface area contributed by atoms with Crippen molar-refractivity contribution in [3.8, 4) is 5.75 Å². The summed E-state index contributed by atoms with van der Waals surface area (Å²) in [6, 6.07) is 14.1. The maximum Gasteiger partial charge on any atom is 0.295 e. The zero-order valence-corrected chi connectivity index (χ0v) is 18.1. The highest BCUT2D eigenvalue weighted by atomic mass is 32.1. The highest BCUT2D eigenvalue weighted by Gasteiger charge is 2.46. The smallest absolute Gasteiger partial charge is 0.295 e. The molecule has 3 heterocycles. The van der Waals surface area contributed by atoms with E-state index in [1.54, 1.807) is 24.3 Å². The molecular weight excluding hydrogens is 429 g/mol. The molecule has 2 aliphatic heterocycles. The second-order valence-electron chi connectivity index (χ2n) is 8.02. The third-order valence-electron chi connectivity index (χ3n) is 5.79. The Kier molecular flexibility index (Phi) is 5.06. The minimum atomic E-state index is -0.729. The molecule has 3 aromatic rings.